The lowest BCUT2D eigenvalue weighted by atomic mass is 9.96. The summed E-state index contributed by atoms with van der Waals surface area (Å²) in [5.41, 5.74) is 4.86. The summed E-state index contributed by atoms with van der Waals surface area (Å²) < 4.78 is 6.25. The van der Waals surface area contributed by atoms with Gasteiger partial charge in [-0.15, -0.1) is 0 Å². The second-order valence-corrected chi connectivity index (χ2v) is 6.34. The summed E-state index contributed by atoms with van der Waals surface area (Å²) in [6.07, 6.45) is 10.5. The maximum Gasteiger partial charge on any atom is 0.130 e. The SMILES string of the molecule is C1=C(Oc2ccc(-c3cccnc3)cc2)c2ccccc2CCCC1. The van der Waals surface area contributed by atoms with Crippen molar-refractivity contribution in [2.24, 2.45) is 0 Å². The number of nitrogens with zero attached hydrogens (tertiary/aromatic N) is 1. The van der Waals surface area contributed by atoms with Crippen LogP contribution in [0.5, 0.6) is 5.75 Å². The number of hydrogen-bond acceptors (Lipinski definition) is 2. The Balaban J connectivity index is 1.59. The van der Waals surface area contributed by atoms with Gasteiger partial charge in [-0.2, -0.15) is 0 Å². The molecule has 1 aromatic heterocycles. The molecule has 3 aromatic rings. The molecule has 0 N–H and O–H groups in total. The van der Waals surface area contributed by atoms with Crippen LogP contribution in [0.3, 0.4) is 0 Å². The molecule has 0 unspecified atom stereocenters. The fourth-order valence-electron chi connectivity index (χ4n) is 3.25. The van der Waals surface area contributed by atoms with Crippen LogP contribution >= 0.6 is 0 Å². The van der Waals surface area contributed by atoms with E-state index in [1.54, 1.807) is 6.20 Å². The molecule has 4 rings (SSSR count). The molecule has 0 radical (unpaired) electrons. The standard InChI is InChI=1S/C23H21NO/c1-2-7-19-8-4-5-10-22(19)23(11-3-1)25-21-14-12-18(13-15-21)20-9-6-16-24-17-20/h4-6,8-17H,1-3,7H2. The van der Waals surface area contributed by atoms with Crippen molar-refractivity contribution in [1.82, 2.24) is 4.98 Å². The fourth-order valence-corrected chi connectivity index (χ4v) is 3.25. The topological polar surface area (TPSA) is 22.1 Å². The molecule has 25 heavy (non-hydrogen) atoms. The summed E-state index contributed by atoms with van der Waals surface area (Å²) in [6.45, 7) is 0. The number of pyridine rings is 1. The summed E-state index contributed by atoms with van der Waals surface area (Å²) in [5, 5.41) is 0. The van der Waals surface area contributed by atoms with E-state index in [0.717, 1.165) is 35.5 Å². The van der Waals surface area contributed by atoms with Crippen LogP contribution < -0.4 is 4.74 Å². The van der Waals surface area contributed by atoms with Crippen LogP contribution in [0.4, 0.5) is 0 Å². The Bertz CT molecular complexity index is 866. The Morgan fingerprint density at radius 3 is 2.52 bits per heavy atom. The first kappa shape index (κ1) is 15.6. The number of aryl methyl sites for hydroxylation is 1. The predicted molar refractivity (Wildman–Crippen MR) is 102 cm³/mol. The number of benzene rings is 2. The van der Waals surface area contributed by atoms with E-state index in [1.807, 2.05) is 24.4 Å². The van der Waals surface area contributed by atoms with E-state index >= 15 is 0 Å². The summed E-state index contributed by atoms with van der Waals surface area (Å²) in [4.78, 5) is 4.18. The first-order valence-electron chi connectivity index (χ1n) is 8.87. The molecule has 124 valence electrons. The minimum atomic E-state index is 0.870. The van der Waals surface area contributed by atoms with Crippen LogP contribution in [0.1, 0.15) is 30.4 Å². The lowest BCUT2D eigenvalue weighted by Gasteiger charge is -2.17. The molecule has 0 bridgehead atoms. The largest absolute Gasteiger partial charge is 0.457 e. The number of hydrogen-bond donors (Lipinski definition) is 0. The first-order chi connectivity index (χ1) is 12.4. The van der Waals surface area contributed by atoms with Gasteiger partial charge in [0.2, 0.25) is 0 Å². The van der Waals surface area contributed by atoms with Gasteiger partial charge >= 0.3 is 0 Å². The third kappa shape index (κ3) is 3.63. The molecule has 2 aromatic carbocycles. The van der Waals surface area contributed by atoms with Crippen molar-refractivity contribution in [1.29, 1.82) is 0 Å². The zero-order valence-corrected chi connectivity index (χ0v) is 14.2. The van der Waals surface area contributed by atoms with Gasteiger partial charge in [0.05, 0.1) is 0 Å². The molecule has 0 amide bonds. The van der Waals surface area contributed by atoms with Crippen LogP contribution in [0.25, 0.3) is 16.9 Å². The van der Waals surface area contributed by atoms with Crippen LogP contribution in [-0.4, -0.2) is 4.98 Å². The lowest BCUT2D eigenvalue weighted by Crippen LogP contribution is -2.02. The Hall–Kier alpha value is -2.87. The number of rotatable bonds is 3. The fraction of sp³-hybridized carbons (Fsp3) is 0.174. The van der Waals surface area contributed by atoms with Gasteiger partial charge in [0.1, 0.15) is 11.5 Å². The quantitative estimate of drug-likeness (QED) is 0.598. The van der Waals surface area contributed by atoms with E-state index in [0.29, 0.717) is 0 Å². The number of fused-ring (bicyclic) bond motifs is 1. The molecule has 0 saturated heterocycles. The molecular weight excluding hydrogens is 306 g/mol. The molecule has 0 saturated carbocycles. The number of aromatic nitrogens is 1. The summed E-state index contributed by atoms with van der Waals surface area (Å²) in [7, 11) is 0. The number of allylic oxidation sites excluding steroid dienone is 1. The predicted octanol–water partition coefficient (Wildman–Crippen LogP) is 5.89. The molecule has 1 heterocycles. The molecule has 0 fully saturated rings. The van der Waals surface area contributed by atoms with E-state index in [4.69, 9.17) is 4.74 Å². The molecule has 0 atom stereocenters. The van der Waals surface area contributed by atoms with Gasteiger partial charge in [-0.25, -0.2) is 0 Å². The minimum Gasteiger partial charge on any atom is -0.457 e. The second-order valence-electron chi connectivity index (χ2n) is 6.34. The number of ether oxygens (including phenoxy) is 1. The Kier molecular flexibility index (Phi) is 4.60. The summed E-state index contributed by atoms with van der Waals surface area (Å²) in [5.74, 6) is 1.85. The average molecular weight is 327 g/mol. The third-order valence-corrected chi connectivity index (χ3v) is 4.59. The molecule has 2 nitrogen and oxygen atoms in total. The van der Waals surface area contributed by atoms with Gasteiger partial charge in [0.25, 0.3) is 0 Å². The maximum atomic E-state index is 6.25. The molecule has 2 heteroatoms. The van der Waals surface area contributed by atoms with Crippen molar-refractivity contribution in [2.45, 2.75) is 25.7 Å². The monoisotopic (exact) mass is 327 g/mol. The van der Waals surface area contributed by atoms with Crippen LogP contribution in [0.2, 0.25) is 0 Å². The van der Waals surface area contributed by atoms with Crippen LogP contribution in [0.15, 0.2) is 79.1 Å². The molecule has 0 aliphatic heterocycles. The Labute approximate surface area is 148 Å². The smallest absolute Gasteiger partial charge is 0.130 e. The highest BCUT2D eigenvalue weighted by atomic mass is 16.5. The van der Waals surface area contributed by atoms with E-state index in [-0.39, 0.29) is 0 Å². The molecule has 0 spiro atoms. The van der Waals surface area contributed by atoms with Gasteiger partial charge in [0, 0.05) is 18.0 Å². The molecule has 1 aliphatic carbocycles. The van der Waals surface area contributed by atoms with Gasteiger partial charge in [0.15, 0.2) is 0 Å². The van der Waals surface area contributed by atoms with Crippen LogP contribution in [-0.2, 0) is 6.42 Å². The maximum absolute atomic E-state index is 6.25. The van der Waals surface area contributed by atoms with Crippen LogP contribution in [0, 0.1) is 0 Å². The zero-order valence-electron chi connectivity index (χ0n) is 14.2. The van der Waals surface area contributed by atoms with Crippen molar-refractivity contribution in [3.8, 4) is 16.9 Å². The van der Waals surface area contributed by atoms with E-state index in [1.165, 1.54) is 24.0 Å². The second kappa shape index (κ2) is 7.35. The minimum absolute atomic E-state index is 0.870. The van der Waals surface area contributed by atoms with Crippen molar-refractivity contribution in [2.75, 3.05) is 0 Å². The highest BCUT2D eigenvalue weighted by Gasteiger charge is 2.12. The average Bonchev–Trinajstić information content (AvgIpc) is 2.66. The first-order valence-corrected chi connectivity index (χ1v) is 8.87. The third-order valence-electron chi connectivity index (χ3n) is 4.59. The van der Waals surface area contributed by atoms with E-state index in [2.05, 4.69) is 53.5 Å². The highest BCUT2D eigenvalue weighted by Crippen LogP contribution is 2.29. The Morgan fingerprint density at radius 2 is 1.68 bits per heavy atom. The van der Waals surface area contributed by atoms with Crippen molar-refractivity contribution < 1.29 is 4.74 Å². The van der Waals surface area contributed by atoms with E-state index < -0.39 is 0 Å². The molecular formula is C23H21NO. The van der Waals surface area contributed by atoms with Gasteiger partial charge in [-0.05, 0) is 66.6 Å². The van der Waals surface area contributed by atoms with Gasteiger partial charge < -0.3 is 4.74 Å². The molecule has 1 aliphatic rings. The summed E-state index contributed by atoms with van der Waals surface area (Å²) >= 11 is 0. The van der Waals surface area contributed by atoms with Crippen molar-refractivity contribution >= 4 is 5.76 Å². The van der Waals surface area contributed by atoms with Crippen molar-refractivity contribution in [3.05, 3.63) is 90.3 Å². The Morgan fingerprint density at radius 1 is 0.800 bits per heavy atom. The lowest BCUT2D eigenvalue weighted by molar-refractivity contribution is 0.509. The van der Waals surface area contributed by atoms with Gasteiger partial charge in [-0.1, -0.05) is 42.5 Å². The normalized spacial score (nSPS) is 14.0. The van der Waals surface area contributed by atoms with Gasteiger partial charge in [-0.3, -0.25) is 4.98 Å². The zero-order chi connectivity index (χ0) is 16.9. The summed E-state index contributed by atoms with van der Waals surface area (Å²) in [6, 6.07) is 20.8. The van der Waals surface area contributed by atoms with Crippen molar-refractivity contribution in [3.63, 3.8) is 0 Å². The van der Waals surface area contributed by atoms with E-state index in [9.17, 15) is 0 Å². The highest BCUT2D eigenvalue weighted by molar-refractivity contribution is 5.67.